The molecule has 84 valence electrons. The van der Waals surface area contributed by atoms with Crippen LogP contribution >= 0.6 is 11.8 Å². The normalized spacial score (nSPS) is 28.7. The number of hydrazine groups is 1. The summed E-state index contributed by atoms with van der Waals surface area (Å²) in [6, 6.07) is 1.02. The molecule has 1 rings (SSSR count). The molecular weight excluding hydrogens is 194 g/mol. The molecule has 3 unspecified atom stereocenters. The molecule has 0 radical (unpaired) electrons. The number of nitrogens with zero attached hydrogens (tertiary/aromatic N) is 1. The third-order valence-electron chi connectivity index (χ3n) is 3.31. The lowest BCUT2D eigenvalue weighted by Crippen LogP contribution is -2.57. The zero-order valence-electron chi connectivity index (χ0n) is 9.49. The van der Waals surface area contributed by atoms with Crippen LogP contribution in [0.4, 0.5) is 0 Å². The predicted molar refractivity (Wildman–Crippen MR) is 64.3 cm³/mol. The van der Waals surface area contributed by atoms with Gasteiger partial charge in [-0.2, -0.15) is 11.8 Å². The van der Waals surface area contributed by atoms with Crippen LogP contribution in [0.15, 0.2) is 0 Å². The lowest BCUT2D eigenvalue weighted by molar-refractivity contribution is 0.177. The highest BCUT2D eigenvalue weighted by Crippen LogP contribution is 2.22. The van der Waals surface area contributed by atoms with E-state index in [2.05, 4.69) is 31.2 Å². The maximum absolute atomic E-state index is 5.66. The summed E-state index contributed by atoms with van der Waals surface area (Å²) in [6.07, 6.45) is 1.18. The fourth-order valence-electron chi connectivity index (χ4n) is 1.99. The van der Waals surface area contributed by atoms with Gasteiger partial charge >= 0.3 is 0 Å². The van der Waals surface area contributed by atoms with Gasteiger partial charge in [0.15, 0.2) is 0 Å². The van der Waals surface area contributed by atoms with Crippen molar-refractivity contribution < 1.29 is 0 Å². The summed E-state index contributed by atoms with van der Waals surface area (Å²) in [5.41, 5.74) is 3.00. The molecule has 3 N–H and O–H groups in total. The summed E-state index contributed by atoms with van der Waals surface area (Å²) in [5, 5.41) is 0. The Bertz CT molecular complexity index is 161. The van der Waals surface area contributed by atoms with Crippen molar-refractivity contribution in [3.05, 3.63) is 0 Å². The van der Waals surface area contributed by atoms with Crippen LogP contribution in [0.2, 0.25) is 0 Å². The van der Waals surface area contributed by atoms with Crippen LogP contribution in [0, 0.1) is 5.92 Å². The largest absolute Gasteiger partial charge is 0.300 e. The summed E-state index contributed by atoms with van der Waals surface area (Å²) in [5.74, 6) is 8.76. The maximum Gasteiger partial charge on any atom is 0.0399 e. The highest BCUT2D eigenvalue weighted by atomic mass is 32.2. The highest BCUT2D eigenvalue weighted by Gasteiger charge is 2.30. The number of rotatable bonds is 4. The van der Waals surface area contributed by atoms with Crippen LogP contribution in [0.5, 0.6) is 0 Å². The average molecular weight is 217 g/mol. The zero-order chi connectivity index (χ0) is 10.6. The first kappa shape index (κ1) is 12.3. The van der Waals surface area contributed by atoms with E-state index in [9.17, 15) is 0 Å². The fraction of sp³-hybridized carbons (Fsp3) is 1.00. The van der Waals surface area contributed by atoms with E-state index in [1.165, 1.54) is 24.5 Å². The van der Waals surface area contributed by atoms with Gasteiger partial charge in [0.05, 0.1) is 0 Å². The lowest BCUT2D eigenvalue weighted by Gasteiger charge is -2.39. The lowest BCUT2D eigenvalue weighted by atomic mass is 9.93. The Kier molecular flexibility index (Phi) is 5.23. The van der Waals surface area contributed by atoms with Gasteiger partial charge in [-0.3, -0.25) is 11.3 Å². The van der Waals surface area contributed by atoms with Crippen LogP contribution in [0.1, 0.15) is 20.3 Å². The summed E-state index contributed by atoms with van der Waals surface area (Å²) in [7, 11) is 2.21. The van der Waals surface area contributed by atoms with Gasteiger partial charge in [-0.15, -0.1) is 0 Å². The number of thioether (sulfide) groups is 1. The van der Waals surface area contributed by atoms with Crippen LogP contribution in [-0.4, -0.2) is 42.1 Å². The van der Waals surface area contributed by atoms with E-state index in [0.717, 1.165) is 0 Å². The summed E-state index contributed by atoms with van der Waals surface area (Å²) >= 11 is 2.04. The van der Waals surface area contributed by atoms with Crippen LogP contribution < -0.4 is 11.3 Å². The third kappa shape index (κ3) is 2.86. The van der Waals surface area contributed by atoms with Gasteiger partial charge in [-0.1, -0.05) is 20.3 Å². The second-order valence-corrected chi connectivity index (χ2v) is 5.35. The van der Waals surface area contributed by atoms with E-state index in [1.807, 2.05) is 11.8 Å². The molecule has 1 aliphatic heterocycles. The summed E-state index contributed by atoms with van der Waals surface area (Å²) in [6.45, 7) is 5.69. The van der Waals surface area contributed by atoms with E-state index in [4.69, 9.17) is 5.84 Å². The van der Waals surface area contributed by atoms with Crippen molar-refractivity contribution in [1.82, 2.24) is 10.3 Å². The third-order valence-corrected chi connectivity index (χ3v) is 4.36. The molecular formula is C10H23N3S. The molecule has 0 aromatic heterocycles. The molecule has 14 heavy (non-hydrogen) atoms. The van der Waals surface area contributed by atoms with Crippen molar-refractivity contribution in [1.29, 1.82) is 0 Å². The molecule has 3 atom stereocenters. The second kappa shape index (κ2) is 5.95. The fourth-order valence-corrected chi connectivity index (χ4v) is 3.28. The molecule has 0 aromatic carbocycles. The smallest absolute Gasteiger partial charge is 0.0399 e. The van der Waals surface area contributed by atoms with Crippen molar-refractivity contribution in [3.8, 4) is 0 Å². The molecule has 1 saturated heterocycles. The highest BCUT2D eigenvalue weighted by molar-refractivity contribution is 7.99. The van der Waals surface area contributed by atoms with Crippen LogP contribution in [0.3, 0.4) is 0 Å². The minimum Gasteiger partial charge on any atom is -0.300 e. The molecule has 0 bridgehead atoms. The summed E-state index contributed by atoms with van der Waals surface area (Å²) in [4.78, 5) is 2.44. The molecule has 0 spiro atoms. The Morgan fingerprint density at radius 2 is 2.36 bits per heavy atom. The summed E-state index contributed by atoms with van der Waals surface area (Å²) < 4.78 is 0. The molecule has 0 aromatic rings. The Morgan fingerprint density at radius 3 is 2.86 bits per heavy atom. The number of hydrogen-bond donors (Lipinski definition) is 2. The Balaban J connectivity index is 2.57. The molecule has 0 aliphatic carbocycles. The van der Waals surface area contributed by atoms with Crippen LogP contribution in [0.25, 0.3) is 0 Å². The minimum absolute atomic E-state index is 0.429. The first-order chi connectivity index (χ1) is 6.70. The van der Waals surface area contributed by atoms with E-state index < -0.39 is 0 Å². The van der Waals surface area contributed by atoms with Crippen molar-refractivity contribution >= 4 is 11.8 Å². The second-order valence-electron chi connectivity index (χ2n) is 4.20. The Labute approximate surface area is 91.8 Å². The van der Waals surface area contributed by atoms with Crippen molar-refractivity contribution in [3.63, 3.8) is 0 Å². The molecule has 4 heteroatoms. The van der Waals surface area contributed by atoms with Crippen molar-refractivity contribution in [2.45, 2.75) is 32.4 Å². The first-order valence-electron chi connectivity index (χ1n) is 5.44. The van der Waals surface area contributed by atoms with Gasteiger partial charge in [0.1, 0.15) is 0 Å². The standard InChI is InChI=1S/C10H23N3S/c1-4-8(2)10(12-11)9-7-14-6-5-13(9)3/h8-10,12H,4-7,11H2,1-3H3. The monoisotopic (exact) mass is 217 g/mol. The van der Waals surface area contributed by atoms with E-state index in [1.54, 1.807) is 0 Å². The molecule has 3 nitrogen and oxygen atoms in total. The van der Waals surface area contributed by atoms with Gasteiger partial charge in [0, 0.05) is 30.1 Å². The molecule has 0 saturated carbocycles. The predicted octanol–water partition coefficient (Wildman–Crippen LogP) is 0.912. The van der Waals surface area contributed by atoms with Crippen molar-refractivity contribution in [2.24, 2.45) is 11.8 Å². The van der Waals surface area contributed by atoms with E-state index in [0.29, 0.717) is 18.0 Å². The molecule has 1 heterocycles. The van der Waals surface area contributed by atoms with Crippen LogP contribution in [-0.2, 0) is 0 Å². The Hall–Kier alpha value is 0.230. The quantitative estimate of drug-likeness (QED) is 0.542. The maximum atomic E-state index is 5.66. The van der Waals surface area contributed by atoms with Gasteiger partial charge in [-0.05, 0) is 13.0 Å². The zero-order valence-corrected chi connectivity index (χ0v) is 10.3. The van der Waals surface area contributed by atoms with Gasteiger partial charge in [0.2, 0.25) is 0 Å². The molecule has 0 amide bonds. The number of nitrogens with one attached hydrogen (secondary N) is 1. The van der Waals surface area contributed by atoms with Crippen molar-refractivity contribution in [2.75, 3.05) is 25.1 Å². The first-order valence-corrected chi connectivity index (χ1v) is 6.60. The number of likely N-dealkylation sites (N-methyl/N-ethyl adjacent to an activating group) is 1. The van der Waals surface area contributed by atoms with E-state index >= 15 is 0 Å². The number of hydrogen-bond acceptors (Lipinski definition) is 4. The molecule has 1 fully saturated rings. The van der Waals surface area contributed by atoms with Gasteiger partial charge in [0.25, 0.3) is 0 Å². The SMILES string of the molecule is CCC(C)C(NN)C1CSCCN1C. The van der Waals surface area contributed by atoms with Gasteiger partial charge < -0.3 is 4.90 Å². The minimum atomic E-state index is 0.429. The number of nitrogens with two attached hydrogens (primary N) is 1. The average Bonchev–Trinajstić information content (AvgIpc) is 2.21. The Morgan fingerprint density at radius 1 is 1.64 bits per heavy atom. The van der Waals surface area contributed by atoms with E-state index in [-0.39, 0.29) is 0 Å². The van der Waals surface area contributed by atoms with Gasteiger partial charge in [-0.25, -0.2) is 0 Å². The molecule has 1 aliphatic rings. The topological polar surface area (TPSA) is 41.3 Å².